The molecule has 10 nitrogen and oxygen atoms in total. The lowest BCUT2D eigenvalue weighted by molar-refractivity contribution is -0.116. The Morgan fingerprint density at radius 1 is 1.16 bits per heavy atom. The highest BCUT2D eigenvalue weighted by molar-refractivity contribution is 7.14. The van der Waals surface area contributed by atoms with Crippen LogP contribution >= 0.6 is 34.5 Å². The second-order valence-corrected chi connectivity index (χ2v) is 8.21. The molecule has 3 rings (SSSR count). The number of halogens is 2. The van der Waals surface area contributed by atoms with Gasteiger partial charge in [0.25, 0.3) is 5.91 Å². The molecule has 0 aliphatic carbocycles. The summed E-state index contributed by atoms with van der Waals surface area (Å²) in [6, 6.07) is 4.61. The smallest absolute Gasteiger partial charge is 0.326 e. The number of nitrogens with zero attached hydrogens (tertiary/aromatic N) is 6. The number of anilines is 1. The number of thiazole rings is 1. The molecule has 2 aromatic heterocycles. The predicted molar refractivity (Wildman–Crippen MR) is 117 cm³/mol. The normalized spacial score (nSPS) is 10.6. The number of urea groups is 1. The van der Waals surface area contributed by atoms with Gasteiger partial charge in [0.05, 0.1) is 21.9 Å². The predicted octanol–water partition coefficient (Wildman–Crippen LogP) is 3.10. The number of rotatable bonds is 5. The summed E-state index contributed by atoms with van der Waals surface area (Å²) in [6.45, 7) is -0.285. The minimum atomic E-state index is -0.632. The third-order valence-corrected chi connectivity index (χ3v) is 5.57. The minimum absolute atomic E-state index is 0.00323. The van der Waals surface area contributed by atoms with Gasteiger partial charge in [0, 0.05) is 32.1 Å². The van der Waals surface area contributed by atoms with Crippen LogP contribution in [-0.2, 0) is 11.3 Å². The quantitative estimate of drug-likeness (QED) is 0.598. The van der Waals surface area contributed by atoms with E-state index in [4.69, 9.17) is 23.2 Å². The van der Waals surface area contributed by atoms with Gasteiger partial charge in [0.15, 0.2) is 5.13 Å². The van der Waals surface area contributed by atoms with E-state index in [0.29, 0.717) is 20.9 Å². The van der Waals surface area contributed by atoms with Crippen LogP contribution in [0.1, 0.15) is 10.5 Å². The minimum Gasteiger partial charge on any atom is -0.330 e. The van der Waals surface area contributed by atoms with Crippen LogP contribution in [0.25, 0.3) is 11.3 Å². The number of carbonyl (C=O) groups excluding carboxylic acids is 3. The fraction of sp³-hybridized carbons (Fsp3) is 0.222. The molecule has 1 aromatic carbocycles. The van der Waals surface area contributed by atoms with Gasteiger partial charge < -0.3 is 10.2 Å². The molecule has 0 fully saturated rings. The number of hydrogen-bond acceptors (Lipinski definition) is 7. The van der Waals surface area contributed by atoms with Crippen molar-refractivity contribution in [1.82, 2.24) is 29.8 Å². The lowest BCUT2D eigenvalue weighted by Gasteiger charge is -2.19. The SMILES string of the molecule is CN(C)C(=O)N(C)C(=O)c1cnnn1CC(=O)Nc1nc(-c2ccc(Cl)c(Cl)c2)cs1. The van der Waals surface area contributed by atoms with Crippen molar-refractivity contribution in [2.75, 3.05) is 26.5 Å². The maximum absolute atomic E-state index is 12.5. The molecule has 1 N–H and O–H groups in total. The van der Waals surface area contributed by atoms with Crippen LogP contribution in [0.15, 0.2) is 29.8 Å². The summed E-state index contributed by atoms with van der Waals surface area (Å²) >= 11 is 13.2. The van der Waals surface area contributed by atoms with Crippen molar-refractivity contribution < 1.29 is 14.4 Å². The molecule has 0 radical (unpaired) electrons. The van der Waals surface area contributed by atoms with Crippen molar-refractivity contribution in [2.45, 2.75) is 6.54 Å². The van der Waals surface area contributed by atoms with Crippen LogP contribution < -0.4 is 5.32 Å². The monoisotopic (exact) mass is 481 g/mol. The van der Waals surface area contributed by atoms with Gasteiger partial charge in [-0.05, 0) is 12.1 Å². The van der Waals surface area contributed by atoms with E-state index in [0.717, 1.165) is 15.1 Å². The van der Waals surface area contributed by atoms with E-state index < -0.39 is 17.8 Å². The molecule has 0 aliphatic rings. The first-order chi connectivity index (χ1) is 14.7. The maximum atomic E-state index is 12.5. The second-order valence-electron chi connectivity index (χ2n) is 6.53. The van der Waals surface area contributed by atoms with Gasteiger partial charge in [0.2, 0.25) is 5.91 Å². The Balaban J connectivity index is 1.68. The van der Waals surface area contributed by atoms with E-state index in [1.807, 2.05) is 0 Å². The third kappa shape index (κ3) is 5.19. The number of nitrogens with one attached hydrogen (secondary N) is 1. The highest BCUT2D eigenvalue weighted by atomic mass is 35.5. The van der Waals surface area contributed by atoms with Crippen LogP contribution in [0, 0.1) is 0 Å². The number of benzene rings is 1. The Bertz CT molecular complexity index is 1140. The second kappa shape index (κ2) is 9.41. The van der Waals surface area contributed by atoms with E-state index in [1.165, 1.54) is 43.6 Å². The summed E-state index contributed by atoms with van der Waals surface area (Å²) in [7, 11) is 4.38. The summed E-state index contributed by atoms with van der Waals surface area (Å²) in [4.78, 5) is 43.5. The van der Waals surface area contributed by atoms with Crippen molar-refractivity contribution >= 4 is 57.5 Å². The first-order valence-corrected chi connectivity index (χ1v) is 10.4. The fourth-order valence-electron chi connectivity index (χ4n) is 2.51. The number of aromatic nitrogens is 4. The number of hydrogen-bond donors (Lipinski definition) is 1. The molecular weight excluding hydrogens is 465 g/mol. The molecule has 0 unspecified atom stereocenters. The molecule has 0 atom stereocenters. The Morgan fingerprint density at radius 3 is 2.58 bits per heavy atom. The molecule has 0 saturated carbocycles. The largest absolute Gasteiger partial charge is 0.330 e. The van der Waals surface area contributed by atoms with Crippen molar-refractivity contribution in [3.05, 3.63) is 45.5 Å². The van der Waals surface area contributed by atoms with Crippen molar-refractivity contribution in [2.24, 2.45) is 0 Å². The lowest BCUT2D eigenvalue weighted by Crippen LogP contribution is -2.41. The molecule has 0 spiro atoms. The van der Waals surface area contributed by atoms with E-state index in [-0.39, 0.29) is 12.2 Å². The lowest BCUT2D eigenvalue weighted by atomic mass is 10.2. The van der Waals surface area contributed by atoms with Gasteiger partial charge in [-0.25, -0.2) is 14.5 Å². The highest BCUT2D eigenvalue weighted by Gasteiger charge is 2.24. The van der Waals surface area contributed by atoms with Gasteiger partial charge in [-0.1, -0.05) is 34.5 Å². The van der Waals surface area contributed by atoms with Crippen LogP contribution in [0.4, 0.5) is 9.93 Å². The molecule has 4 amide bonds. The van der Waals surface area contributed by atoms with Crippen molar-refractivity contribution in [1.29, 1.82) is 0 Å². The maximum Gasteiger partial charge on any atom is 0.326 e. The highest BCUT2D eigenvalue weighted by Crippen LogP contribution is 2.30. The van der Waals surface area contributed by atoms with E-state index >= 15 is 0 Å². The van der Waals surface area contributed by atoms with Crippen LogP contribution in [0.3, 0.4) is 0 Å². The molecule has 0 saturated heterocycles. The van der Waals surface area contributed by atoms with E-state index in [9.17, 15) is 14.4 Å². The first-order valence-electron chi connectivity index (χ1n) is 8.76. The zero-order valence-corrected chi connectivity index (χ0v) is 19.0. The third-order valence-electron chi connectivity index (χ3n) is 4.07. The number of imide groups is 1. The summed E-state index contributed by atoms with van der Waals surface area (Å²) in [6.07, 6.45) is 1.20. The Hall–Kier alpha value is -3.02. The first kappa shape index (κ1) is 22.7. The van der Waals surface area contributed by atoms with Crippen LogP contribution in [0.2, 0.25) is 10.0 Å². The van der Waals surface area contributed by atoms with Gasteiger partial charge in [-0.15, -0.1) is 16.4 Å². The Morgan fingerprint density at radius 2 is 1.90 bits per heavy atom. The summed E-state index contributed by atoms with van der Waals surface area (Å²) in [5.41, 5.74) is 1.38. The Kier molecular flexibility index (Phi) is 6.88. The molecule has 162 valence electrons. The zero-order chi connectivity index (χ0) is 22.7. The van der Waals surface area contributed by atoms with E-state index in [1.54, 1.807) is 23.6 Å². The molecule has 31 heavy (non-hydrogen) atoms. The zero-order valence-electron chi connectivity index (χ0n) is 16.7. The van der Waals surface area contributed by atoms with Crippen molar-refractivity contribution in [3.8, 4) is 11.3 Å². The topological polar surface area (TPSA) is 113 Å². The van der Waals surface area contributed by atoms with Crippen LogP contribution in [0.5, 0.6) is 0 Å². The van der Waals surface area contributed by atoms with Gasteiger partial charge in [0.1, 0.15) is 12.2 Å². The molecule has 2 heterocycles. The number of carbonyl (C=O) groups is 3. The summed E-state index contributed by atoms with van der Waals surface area (Å²) in [5.74, 6) is -1.09. The average Bonchev–Trinajstić information content (AvgIpc) is 3.37. The Labute approximate surface area is 191 Å². The fourth-order valence-corrected chi connectivity index (χ4v) is 3.55. The standard InChI is InChI=1S/C18H17Cl2N7O3S/c1-25(2)18(30)26(3)16(29)14-7-21-24-27(14)8-15(28)23-17-22-13(9-31-17)10-4-5-11(19)12(20)6-10/h4-7,9H,8H2,1-3H3,(H,22,23,28). The van der Waals surface area contributed by atoms with Gasteiger partial charge in [-0.3, -0.25) is 14.5 Å². The van der Waals surface area contributed by atoms with Crippen LogP contribution in [-0.4, -0.2) is 68.8 Å². The van der Waals surface area contributed by atoms with Gasteiger partial charge >= 0.3 is 6.03 Å². The molecule has 0 bridgehead atoms. The number of amides is 4. The summed E-state index contributed by atoms with van der Waals surface area (Å²) in [5, 5.41) is 13.1. The van der Waals surface area contributed by atoms with E-state index in [2.05, 4.69) is 20.6 Å². The molecular formula is C18H17Cl2N7O3S. The average molecular weight is 482 g/mol. The summed E-state index contributed by atoms with van der Waals surface area (Å²) < 4.78 is 1.12. The molecule has 13 heteroatoms. The van der Waals surface area contributed by atoms with Crippen molar-refractivity contribution in [3.63, 3.8) is 0 Å². The molecule has 0 aliphatic heterocycles. The molecule has 3 aromatic rings. The van der Waals surface area contributed by atoms with Gasteiger partial charge in [-0.2, -0.15) is 0 Å².